The molecule has 34 heavy (non-hydrogen) atoms. The van der Waals surface area contributed by atoms with Crippen molar-refractivity contribution in [3.05, 3.63) is 75.1 Å². The van der Waals surface area contributed by atoms with Crippen LogP contribution in [0.2, 0.25) is 0 Å². The quantitative estimate of drug-likeness (QED) is 0.583. The van der Waals surface area contributed by atoms with Crippen molar-refractivity contribution in [1.29, 1.82) is 0 Å². The van der Waals surface area contributed by atoms with Crippen LogP contribution in [0.25, 0.3) is 11.0 Å². The van der Waals surface area contributed by atoms with Crippen LogP contribution < -0.4 is 10.4 Å². The van der Waals surface area contributed by atoms with Gasteiger partial charge in [-0.25, -0.2) is 4.79 Å². The molecule has 1 amide bonds. The first kappa shape index (κ1) is 22.2. The lowest BCUT2D eigenvalue weighted by Gasteiger charge is -2.39. The zero-order valence-corrected chi connectivity index (χ0v) is 19.1. The summed E-state index contributed by atoms with van der Waals surface area (Å²) in [7, 11) is 0. The minimum atomic E-state index is -0.981. The summed E-state index contributed by atoms with van der Waals surface area (Å²) in [5.74, 6) is -0.549. The molecule has 7 nitrogen and oxygen atoms in total. The molecule has 0 saturated carbocycles. The lowest BCUT2D eigenvalue weighted by molar-refractivity contribution is -0.148. The first-order chi connectivity index (χ1) is 16.4. The molecule has 1 aliphatic carbocycles. The minimum absolute atomic E-state index is 0.160. The van der Waals surface area contributed by atoms with Gasteiger partial charge in [-0.05, 0) is 62.3 Å². The van der Waals surface area contributed by atoms with Crippen LogP contribution in [0.5, 0.6) is 5.75 Å². The highest BCUT2D eigenvalue weighted by Crippen LogP contribution is 2.36. The Bertz CT molecular complexity index is 1320. The van der Waals surface area contributed by atoms with Crippen LogP contribution in [-0.4, -0.2) is 41.6 Å². The fraction of sp³-hybridized carbons (Fsp3) is 0.370. The zero-order chi connectivity index (χ0) is 23.9. The van der Waals surface area contributed by atoms with Gasteiger partial charge in [0.15, 0.2) is 6.61 Å². The second-order valence-electron chi connectivity index (χ2n) is 9.19. The molecular formula is C27H27NO6. The number of benzene rings is 2. The highest BCUT2D eigenvalue weighted by atomic mass is 16.5. The molecule has 1 saturated heterocycles. The molecule has 0 unspecified atom stereocenters. The summed E-state index contributed by atoms with van der Waals surface area (Å²) >= 11 is 0. The van der Waals surface area contributed by atoms with E-state index in [-0.39, 0.29) is 18.1 Å². The van der Waals surface area contributed by atoms with Crippen molar-refractivity contribution in [2.75, 3.05) is 19.7 Å². The molecule has 3 aromatic rings. The van der Waals surface area contributed by atoms with E-state index in [4.69, 9.17) is 9.15 Å². The van der Waals surface area contributed by atoms with Crippen LogP contribution in [0, 0.1) is 6.92 Å². The number of ether oxygens (including phenoxy) is 1. The Labute approximate surface area is 196 Å². The van der Waals surface area contributed by atoms with Crippen LogP contribution in [0.15, 0.2) is 51.7 Å². The van der Waals surface area contributed by atoms with Gasteiger partial charge in [0, 0.05) is 29.6 Å². The molecule has 176 valence electrons. The summed E-state index contributed by atoms with van der Waals surface area (Å²) in [5.41, 5.74) is 2.55. The molecule has 5 rings (SSSR count). The molecule has 1 fully saturated rings. The molecule has 0 radical (unpaired) electrons. The summed E-state index contributed by atoms with van der Waals surface area (Å²) < 4.78 is 11.4. The van der Waals surface area contributed by atoms with Crippen molar-refractivity contribution in [1.82, 2.24) is 4.90 Å². The number of piperidine rings is 1. The normalized spacial score (nSPS) is 16.9. The van der Waals surface area contributed by atoms with Crippen molar-refractivity contribution in [2.24, 2.45) is 0 Å². The molecule has 0 bridgehead atoms. The van der Waals surface area contributed by atoms with E-state index >= 15 is 0 Å². The molecule has 0 spiro atoms. The molecule has 1 aliphatic heterocycles. The SMILES string of the molecule is Cc1c(OCC(=O)N2CCC(C(=O)O)(c3ccccc3)CC2)ccc2c3c(c(=O)oc12)CCC3. The molecule has 1 N–H and O–H groups in total. The minimum Gasteiger partial charge on any atom is -0.483 e. The van der Waals surface area contributed by atoms with Crippen LogP contribution in [-0.2, 0) is 27.8 Å². The van der Waals surface area contributed by atoms with E-state index in [2.05, 4.69) is 0 Å². The van der Waals surface area contributed by atoms with E-state index in [1.165, 1.54) is 0 Å². The summed E-state index contributed by atoms with van der Waals surface area (Å²) in [6.45, 7) is 2.36. The fourth-order valence-corrected chi connectivity index (χ4v) is 5.37. The Morgan fingerprint density at radius 3 is 2.47 bits per heavy atom. The third-order valence-corrected chi connectivity index (χ3v) is 7.40. The van der Waals surface area contributed by atoms with Crippen molar-refractivity contribution < 1.29 is 23.8 Å². The fourth-order valence-electron chi connectivity index (χ4n) is 5.37. The average Bonchev–Trinajstić information content (AvgIpc) is 3.35. The van der Waals surface area contributed by atoms with Crippen molar-refractivity contribution >= 4 is 22.8 Å². The van der Waals surface area contributed by atoms with Crippen molar-refractivity contribution in [3.63, 3.8) is 0 Å². The van der Waals surface area contributed by atoms with Gasteiger partial charge < -0.3 is 19.2 Å². The van der Waals surface area contributed by atoms with E-state index in [0.717, 1.165) is 41.3 Å². The monoisotopic (exact) mass is 461 g/mol. The number of hydrogen-bond acceptors (Lipinski definition) is 5. The van der Waals surface area contributed by atoms with Gasteiger partial charge >= 0.3 is 11.6 Å². The second kappa shape index (κ2) is 8.63. The predicted octanol–water partition coefficient (Wildman–Crippen LogP) is 3.61. The lowest BCUT2D eigenvalue weighted by atomic mass is 9.73. The number of rotatable bonds is 5. The van der Waals surface area contributed by atoms with Gasteiger partial charge in [0.25, 0.3) is 5.91 Å². The summed E-state index contributed by atoms with van der Waals surface area (Å²) in [6.07, 6.45) is 3.27. The summed E-state index contributed by atoms with van der Waals surface area (Å²) in [6, 6.07) is 12.9. The van der Waals surface area contributed by atoms with E-state index in [1.807, 2.05) is 49.4 Å². The zero-order valence-electron chi connectivity index (χ0n) is 19.1. The molecule has 0 atom stereocenters. The number of aryl methyl sites for hydroxylation is 2. The van der Waals surface area contributed by atoms with Crippen LogP contribution in [0.1, 0.15) is 41.5 Å². The van der Waals surface area contributed by atoms with Crippen molar-refractivity contribution in [2.45, 2.75) is 44.4 Å². The first-order valence-electron chi connectivity index (χ1n) is 11.7. The number of carboxylic acids is 1. The Balaban J connectivity index is 1.28. The van der Waals surface area contributed by atoms with Gasteiger partial charge in [0.05, 0.1) is 5.41 Å². The van der Waals surface area contributed by atoms with Gasteiger partial charge in [0.2, 0.25) is 0 Å². The second-order valence-corrected chi connectivity index (χ2v) is 9.19. The Morgan fingerprint density at radius 2 is 1.76 bits per heavy atom. The number of likely N-dealkylation sites (tertiary alicyclic amines) is 1. The average molecular weight is 462 g/mol. The number of carbonyl (C=O) groups excluding carboxylic acids is 1. The number of carbonyl (C=O) groups is 2. The highest BCUT2D eigenvalue weighted by Gasteiger charge is 2.43. The van der Waals surface area contributed by atoms with Gasteiger partial charge in [-0.3, -0.25) is 9.59 Å². The molecule has 1 aromatic heterocycles. The smallest absolute Gasteiger partial charge is 0.339 e. The van der Waals surface area contributed by atoms with E-state index in [1.54, 1.807) is 4.90 Å². The molecular weight excluding hydrogens is 434 g/mol. The Kier molecular flexibility index (Phi) is 5.63. The Hall–Kier alpha value is -3.61. The molecule has 2 heterocycles. The third-order valence-electron chi connectivity index (χ3n) is 7.40. The third kappa shape index (κ3) is 3.65. The van der Waals surface area contributed by atoms with E-state index in [9.17, 15) is 19.5 Å². The molecule has 7 heteroatoms. The molecule has 2 aromatic carbocycles. The maximum atomic E-state index is 12.9. The van der Waals surface area contributed by atoms with Gasteiger partial charge in [-0.2, -0.15) is 0 Å². The maximum Gasteiger partial charge on any atom is 0.339 e. The number of amides is 1. The van der Waals surface area contributed by atoms with E-state index in [0.29, 0.717) is 42.8 Å². The molecule has 2 aliphatic rings. The van der Waals surface area contributed by atoms with E-state index < -0.39 is 11.4 Å². The number of nitrogens with zero attached hydrogens (tertiary/aromatic N) is 1. The Morgan fingerprint density at radius 1 is 1.06 bits per heavy atom. The largest absolute Gasteiger partial charge is 0.483 e. The number of carboxylic acid groups (broad SMARTS) is 1. The van der Waals surface area contributed by atoms with Gasteiger partial charge in [-0.1, -0.05) is 30.3 Å². The van der Waals surface area contributed by atoms with Gasteiger partial charge in [0.1, 0.15) is 11.3 Å². The number of fused-ring (bicyclic) bond motifs is 3. The van der Waals surface area contributed by atoms with Crippen LogP contribution in [0.4, 0.5) is 0 Å². The van der Waals surface area contributed by atoms with Crippen molar-refractivity contribution in [3.8, 4) is 5.75 Å². The number of aliphatic carboxylic acids is 1. The van der Waals surface area contributed by atoms with Gasteiger partial charge in [-0.15, -0.1) is 0 Å². The van der Waals surface area contributed by atoms with Crippen LogP contribution in [0.3, 0.4) is 0 Å². The highest BCUT2D eigenvalue weighted by molar-refractivity contribution is 5.87. The first-order valence-corrected chi connectivity index (χ1v) is 11.7. The maximum absolute atomic E-state index is 12.9. The summed E-state index contributed by atoms with van der Waals surface area (Å²) in [5, 5.41) is 10.9. The number of hydrogen-bond donors (Lipinski definition) is 1. The predicted molar refractivity (Wildman–Crippen MR) is 126 cm³/mol. The topological polar surface area (TPSA) is 97.0 Å². The summed E-state index contributed by atoms with van der Waals surface area (Å²) in [4.78, 5) is 39.0. The lowest BCUT2D eigenvalue weighted by Crippen LogP contribution is -2.50. The standard InChI is InChI=1S/C27H27NO6/c1-17-22(11-10-20-19-8-5-9-21(19)25(30)34-24(17)20)33-16-23(29)28-14-12-27(13-15-28,26(31)32)18-6-3-2-4-7-18/h2-4,6-7,10-11H,5,8-9,12-16H2,1H3,(H,31,32). The van der Waals surface area contributed by atoms with Crippen LogP contribution >= 0.6 is 0 Å².